The zero-order valence-electron chi connectivity index (χ0n) is 7.71. The lowest BCUT2D eigenvalue weighted by molar-refractivity contribution is 0.210. The second-order valence-electron chi connectivity index (χ2n) is 3.00. The summed E-state index contributed by atoms with van der Waals surface area (Å²) in [4.78, 5) is 9.19. The molecule has 2 aromatic rings. The Kier molecular flexibility index (Phi) is 2.56. The molecule has 0 aliphatic carbocycles. The zero-order valence-corrected chi connectivity index (χ0v) is 8.53. The predicted octanol–water partition coefficient (Wildman–Crippen LogP) is 1.93. The lowest BCUT2D eigenvalue weighted by Crippen LogP contribution is -2.03. The van der Waals surface area contributed by atoms with E-state index in [9.17, 15) is 5.11 Å². The molecule has 1 atom stereocenters. The minimum Gasteiger partial charge on any atom is -0.380 e. The summed E-state index contributed by atoms with van der Waals surface area (Å²) in [5.74, 6) is 0.449. The van der Waals surface area contributed by atoms with Gasteiger partial charge in [-0.3, -0.25) is 0 Å². The highest BCUT2D eigenvalue weighted by molar-refractivity contribution is 7.10. The van der Waals surface area contributed by atoms with E-state index in [-0.39, 0.29) is 0 Å². The molecule has 0 saturated carbocycles. The van der Waals surface area contributed by atoms with Gasteiger partial charge in [0.2, 0.25) is 0 Å². The van der Waals surface area contributed by atoms with Crippen LogP contribution in [0.5, 0.6) is 0 Å². The molecule has 0 bridgehead atoms. The van der Waals surface area contributed by atoms with Crippen LogP contribution in [0, 0.1) is 6.92 Å². The first-order chi connectivity index (χ1) is 6.77. The third-order valence-corrected chi connectivity index (χ3v) is 2.78. The summed E-state index contributed by atoms with van der Waals surface area (Å²) in [7, 11) is 0. The molecule has 2 rings (SSSR count). The number of aromatic nitrogens is 2. The van der Waals surface area contributed by atoms with E-state index in [4.69, 9.17) is 0 Å². The van der Waals surface area contributed by atoms with Crippen LogP contribution in [0.25, 0.3) is 0 Å². The molecule has 2 heterocycles. The normalized spacial score (nSPS) is 12.7. The Morgan fingerprint density at radius 1 is 1.36 bits per heavy atom. The Hall–Kier alpha value is -1.26. The second-order valence-corrected chi connectivity index (χ2v) is 4.12. The van der Waals surface area contributed by atoms with E-state index in [2.05, 4.69) is 9.97 Å². The first kappa shape index (κ1) is 9.30. The van der Waals surface area contributed by atoms with Crippen LogP contribution in [0.3, 0.4) is 0 Å². The van der Waals surface area contributed by atoms with Gasteiger partial charge in [0.25, 0.3) is 0 Å². The average molecular weight is 206 g/mol. The van der Waals surface area contributed by atoms with Crippen LogP contribution in [0.1, 0.15) is 22.4 Å². The number of aliphatic hydroxyl groups is 1. The lowest BCUT2D eigenvalue weighted by Gasteiger charge is -2.05. The van der Waals surface area contributed by atoms with Crippen LogP contribution in [-0.2, 0) is 0 Å². The van der Waals surface area contributed by atoms with Crippen molar-refractivity contribution in [3.8, 4) is 0 Å². The Morgan fingerprint density at radius 3 is 2.64 bits per heavy atom. The van der Waals surface area contributed by atoms with E-state index < -0.39 is 6.10 Å². The molecule has 1 unspecified atom stereocenters. The number of rotatable bonds is 2. The average Bonchev–Trinajstić information content (AvgIpc) is 2.65. The van der Waals surface area contributed by atoms with E-state index in [0.29, 0.717) is 5.82 Å². The zero-order chi connectivity index (χ0) is 9.97. The molecule has 2 aromatic heterocycles. The molecule has 0 aromatic carbocycles. The summed E-state index contributed by atoms with van der Waals surface area (Å²) in [5.41, 5.74) is 0.860. The monoisotopic (exact) mass is 206 g/mol. The fourth-order valence-corrected chi connectivity index (χ4v) is 1.93. The fraction of sp³-hybridized carbons (Fsp3) is 0.200. The van der Waals surface area contributed by atoms with E-state index >= 15 is 0 Å². The molecule has 14 heavy (non-hydrogen) atoms. The summed E-state index contributed by atoms with van der Waals surface area (Å²) in [6, 6.07) is 3.68. The van der Waals surface area contributed by atoms with Crippen LogP contribution < -0.4 is 0 Å². The van der Waals surface area contributed by atoms with Crippen molar-refractivity contribution in [2.45, 2.75) is 13.0 Å². The minimum absolute atomic E-state index is 0.449. The minimum atomic E-state index is -0.707. The molecule has 72 valence electrons. The second kappa shape index (κ2) is 3.86. The van der Waals surface area contributed by atoms with Crippen LogP contribution >= 0.6 is 11.3 Å². The van der Waals surface area contributed by atoms with Gasteiger partial charge < -0.3 is 5.11 Å². The Labute approximate surface area is 86.1 Å². The van der Waals surface area contributed by atoms with Gasteiger partial charge in [-0.2, -0.15) is 0 Å². The standard InChI is InChI=1S/C10H10N2OS/c1-7-5-8(6-14-7)9(13)10-11-3-2-4-12-10/h2-6,9,13H,1H3. The van der Waals surface area contributed by atoms with Crippen molar-refractivity contribution in [3.05, 3.63) is 46.2 Å². The number of thiophene rings is 1. The molecule has 0 amide bonds. The van der Waals surface area contributed by atoms with Gasteiger partial charge >= 0.3 is 0 Å². The van der Waals surface area contributed by atoms with Crippen molar-refractivity contribution >= 4 is 11.3 Å². The molecule has 3 nitrogen and oxygen atoms in total. The number of nitrogens with zero attached hydrogens (tertiary/aromatic N) is 2. The Morgan fingerprint density at radius 2 is 2.07 bits per heavy atom. The van der Waals surface area contributed by atoms with Crippen LogP contribution in [0.15, 0.2) is 29.9 Å². The molecule has 4 heteroatoms. The highest BCUT2D eigenvalue weighted by Gasteiger charge is 2.13. The number of aliphatic hydroxyl groups excluding tert-OH is 1. The van der Waals surface area contributed by atoms with Gasteiger partial charge in [0.1, 0.15) is 6.10 Å². The summed E-state index contributed by atoms with van der Waals surface area (Å²) in [6.45, 7) is 2.01. The van der Waals surface area contributed by atoms with Crippen LogP contribution in [0.2, 0.25) is 0 Å². The van der Waals surface area contributed by atoms with Gasteiger partial charge in [-0.25, -0.2) is 9.97 Å². The van der Waals surface area contributed by atoms with Crippen molar-refractivity contribution in [1.82, 2.24) is 9.97 Å². The van der Waals surface area contributed by atoms with Gasteiger partial charge in [0.05, 0.1) is 0 Å². The lowest BCUT2D eigenvalue weighted by atomic mass is 10.2. The van der Waals surface area contributed by atoms with Crippen molar-refractivity contribution < 1.29 is 5.11 Å². The third kappa shape index (κ3) is 1.81. The SMILES string of the molecule is Cc1cc(C(O)c2ncccn2)cs1. The maximum absolute atomic E-state index is 9.89. The summed E-state index contributed by atoms with van der Waals surface area (Å²) in [6.07, 6.45) is 2.55. The number of hydrogen-bond acceptors (Lipinski definition) is 4. The van der Waals surface area contributed by atoms with Crippen molar-refractivity contribution in [3.63, 3.8) is 0 Å². The Bertz CT molecular complexity index is 413. The quantitative estimate of drug-likeness (QED) is 0.816. The third-order valence-electron chi connectivity index (χ3n) is 1.90. The number of hydrogen-bond donors (Lipinski definition) is 1. The molecular weight excluding hydrogens is 196 g/mol. The van der Waals surface area contributed by atoms with E-state index in [1.54, 1.807) is 29.8 Å². The topological polar surface area (TPSA) is 46.0 Å². The van der Waals surface area contributed by atoms with Gasteiger partial charge in [0, 0.05) is 17.3 Å². The van der Waals surface area contributed by atoms with E-state index in [0.717, 1.165) is 5.56 Å². The van der Waals surface area contributed by atoms with E-state index in [1.807, 2.05) is 18.4 Å². The Balaban J connectivity index is 2.29. The van der Waals surface area contributed by atoms with Gasteiger partial charge in [0.15, 0.2) is 5.82 Å². The maximum Gasteiger partial charge on any atom is 0.161 e. The largest absolute Gasteiger partial charge is 0.380 e. The first-order valence-electron chi connectivity index (χ1n) is 4.27. The molecule has 0 aliphatic rings. The van der Waals surface area contributed by atoms with Crippen molar-refractivity contribution in [1.29, 1.82) is 0 Å². The maximum atomic E-state index is 9.89. The highest BCUT2D eigenvalue weighted by atomic mass is 32.1. The summed E-state index contributed by atoms with van der Waals surface area (Å²) in [5, 5.41) is 11.8. The smallest absolute Gasteiger partial charge is 0.161 e. The molecule has 0 spiro atoms. The molecule has 0 saturated heterocycles. The summed E-state index contributed by atoms with van der Waals surface area (Å²) >= 11 is 1.61. The fourth-order valence-electron chi connectivity index (χ4n) is 1.21. The molecule has 0 aliphatic heterocycles. The molecule has 1 N–H and O–H groups in total. The predicted molar refractivity (Wildman–Crippen MR) is 55.1 cm³/mol. The first-order valence-corrected chi connectivity index (χ1v) is 5.15. The number of aryl methyl sites for hydroxylation is 1. The summed E-state index contributed by atoms with van der Waals surface area (Å²) < 4.78 is 0. The van der Waals surface area contributed by atoms with Gasteiger partial charge in [-0.1, -0.05) is 0 Å². The van der Waals surface area contributed by atoms with Crippen molar-refractivity contribution in [2.75, 3.05) is 0 Å². The molecular formula is C10H10N2OS. The van der Waals surface area contributed by atoms with Gasteiger partial charge in [-0.05, 0) is 30.0 Å². The van der Waals surface area contributed by atoms with Crippen molar-refractivity contribution in [2.24, 2.45) is 0 Å². The van der Waals surface area contributed by atoms with Crippen LogP contribution in [0.4, 0.5) is 0 Å². The molecule has 0 fully saturated rings. The van der Waals surface area contributed by atoms with E-state index in [1.165, 1.54) is 4.88 Å². The molecule has 0 radical (unpaired) electrons. The van der Waals surface area contributed by atoms with Gasteiger partial charge in [-0.15, -0.1) is 11.3 Å². The van der Waals surface area contributed by atoms with Crippen LogP contribution in [-0.4, -0.2) is 15.1 Å². The highest BCUT2D eigenvalue weighted by Crippen LogP contribution is 2.23.